The van der Waals surface area contributed by atoms with E-state index in [0.717, 1.165) is 11.1 Å². The molecule has 0 saturated carbocycles. The molecule has 0 bridgehead atoms. The van der Waals surface area contributed by atoms with Crippen molar-refractivity contribution in [1.82, 2.24) is 10.2 Å². The minimum atomic E-state index is -0.387. The predicted octanol–water partition coefficient (Wildman–Crippen LogP) is 1.87. The molecule has 0 atom stereocenters. The van der Waals surface area contributed by atoms with E-state index in [9.17, 15) is 4.79 Å². The van der Waals surface area contributed by atoms with Crippen LogP contribution in [0.1, 0.15) is 10.4 Å². The lowest BCUT2D eigenvalue weighted by molar-refractivity contribution is 0.0600. The van der Waals surface area contributed by atoms with Gasteiger partial charge < -0.3 is 9.47 Å². The molecular formula is C12H12N2O3. The summed E-state index contributed by atoms with van der Waals surface area (Å²) in [7, 11) is 2.90. The molecule has 2 aromatic rings. The maximum atomic E-state index is 11.4. The van der Waals surface area contributed by atoms with E-state index in [4.69, 9.17) is 4.74 Å². The van der Waals surface area contributed by atoms with Crippen molar-refractivity contribution in [3.05, 3.63) is 36.2 Å². The molecule has 17 heavy (non-hydrogen) atoms. The Morgan fingerprint density at radius 2 is 2.18 bits per heavy atom. The van der Waals surface area contributed by atoms with Crippen LogP contribution in [0.25, 0.3) is 11.1 Å². The first kappa shape index (κ1) is 11.2. The maximum Gasteiger partial charge on any atom is 0.337 e. The average molecular weight is 232 g/mol. The van der Waals surface area contributed by atoms with Gasteiger partial charge in [-0.15, -0.1) is 0 Å². The van der Waals surface area contributed by atoms with Crippen molar-refractivity contribution in [2.75, 3.05) is 14.2 Å². The topological polar surface area (TPSA) is 64.2 Å². The van der Waals surface area contributed by atoms with Gasteiger partial charge in [0.05, 0.1) is 26.0 Å². The van der Waals surface area contributed by atoms with Gasteiger partial charge in [0, 0.05) is 17.3 Å². The number of aromatic nitrogens is 2. The monoisotopic (exact) mass is 232 g/mol. The third-order valence-electron chi connectivity index (χ3n) is 2.43. The number of nitrogens with zero attached hydrogens (tertiary/aromatic N) is 1. The second kappa shape index (κ2) is 4.69. The fourth-order valence-corrected chi connectivity index (χ4v) is 1.57. The first-order valence-corrected chi connectivity index (χ1v) is 5.01. The quantitative estimate of drug-likeness (QED) is 0.820. The van der Waals surface area contributed by atoms with Crippen molar-refractivity contribution in [1.29, 1.82) is 0 Å². The summed E-state index contributed by atoms with van der Waals surface area (Å²) in [5.74, 6) is 0.219. The number of hydrogen-bond donors (Lipinski definition) is 1. The zero-order valence-corrected chi connectivity index (χ0v) is 9.56. The number of nitrogens with one attached hydrogen (secondary N) is 1. The number of benzene rings is 1. The van der Waals surface area contributed by atoms with Crippen molar-refractivity contribution >= 4 is 5.97 Å². The summed E-state index contributed by atoms with van der Waals surface area (Å²) < 4.78 is 9.91. The highest BCUT2D eigenvalue weighted by Crippen LogP contribution is 2.30. The molecule has 88 valence electrons. The summed E-state index contributed by atoms with van der Waals surface area (Å²) in [6.45, 7) is 0. The van der Waals surface area contributed by atoms with E-state index < -0.39 is 0 Å². The van der Waals surface area contributed by atoms with E-state index in [-0.39, 0.29) is 5.97 Å². The van der Waals surface area contributed by atoms with Crippen LogP contribution in [0.15, 0.2) is 30.6 Å². The number of hydrogen-bond acceptors (Lipinski definition) is 4. The molecule has 0 fully saturated rings. The van der Waals surface area contributed by atoms with Gasteiger partial charge in [0.1, 0.15) is 5.75 Å². The minimum absolute atomic E-state index is 0.387. The summed E-state index contributed by atoms with van der Waals surface area (Å²) in [4.78, 5) is 11.4. The molecule has 1 N–H and O–H groups in total. The summed E-state index contributed by atoms with van der Waals surface area (Å²) in [5.41, 5.74) is 2.23. The number of rotatable bonds is 3. The number of methoxy groups -OCH3 is 2. The summed E-state index contributed by atoms with van der Waals surface area (Å²) >= 11 is 0. The standard InChI is InChI=1S/C12H12N2O3/c1-16-11-5-8(12(15)17-2)3-4-10(11)9-6-13-14-7-9/h3-7H,1-2H3,(H,13,14). The van der Waals surface area contributed by atoms with Crippen LogP contribution in [-0.4, -0.2) is 30.4 Å². The Kier molecular flexibility index (Phi) is 3.09. The Balaban J connectivity index is 2.46. The van der Waals surface area contributed by atoms with Crippen LogP contribution in [-0.2, 0) is 4.74 Å². The van der Waals surface area contributed by atoms with Crippen LogP contribution < -0.4 is 4.74 Å². The normalized spacial score (nSPS) is 10.0. The fourth-order valence-electron chi connectivity index (χ4n) is 1.57. The number of ether oxygens (including phenoxy) is 2. The Morgan fingerprint density at radius 1 is 1.35 bits per heavy atom. The van der Waals surface area contributed by atoms with Crippen molar-refractivity contribution in [2.24, 2.45) is 0 Å². The summed E-state index contributed by atoms with van der Waals surface area (Å²) in [5, 5.41) is 6.61. The highest BCUT2D eigenvalue weighted by atomic mass is 16.5. The number of aromatic amines is 1. The van der Waals surface area contributed by atoms with E-state index in [0.29, 0.717) is 11.3 Å². The highest BCUT2D eigenvalue weighted by molar-refractivity contribution is 5.91. The zero-order chi connectivity index (χ0) is 12.3. The summed E-state index contributed by atoms with van der Waals surface area (Å²) in [6, 6.07) is 5.14. The van der Waals surface area contributed by atoms with Crippen LogP contribution in [0.4, 0.5) is 0 Å². The van der Waals surface area contributed by atoms with E-state index in [1.165, 1.54) is 7.11 Å². The predicted molar refractivity (Wildman–Crippen MR) is 61.9 cm³/mol. The molecule has 0 radical (unpaired) electrons. The molecular weight excluding hydrogens is 220 g/mol. The molecule has 1 heterocycles. The Labute approximate surface area is 98.4 Å². The highest BCUT2D eigenvalue weighted by Gasteiger charge is 2.11. The van der Waals surface area contributed by atoms with Crippen molar-refractivity contribution in [3.63, 3.8) is 0 Å². The number of carbonyl (C=O) groups excluding carboxylic acids is 1. The molecule has 0 aliphatic carbocycles. The van der Waals surface area contributed by atoms with E-state index >= 15 is 0 Å². The first-order valence-electron chi connectivity index (χ1n) is 5.01. The summed E-state index contributed by atoms with van der Waals surface area (Å²) in [6.07, 6.45) is 3.45. The van der Waals surface area contributed by atoms with Crippen LogP contribution in [0, 0.1) is 0 Å². The van der Waals surface area contributed by atoms with Gasteiger partial charge in [0.2, 0.25) is 0 Å². The molecule has 2 rings (SSSR count). The van der Waals surface area contributed by atoms with E-state index in [1.807, 2.05) is 0 Å². The molecule has 0 aliphatic heterocycles. The van der Waals surface area contributed by atoms with Gasteiger partial charge in [-0.25, -0.2) is 4.79 Å². The van der Waals surface area contributed by atoms with Crippen LogP contribution in [0.3, 0.4) is 0 Å². The van der Waals surface area contributed by atoms with Gasteiger partial charge >= 0.3 is 5.97 Å². The van der Waals surface area contributed by atoms with Gasteiger partial charge in [0.25, 0.3) is 0 Å². The maximum absolute atomic E-state index is 11.4. The Morgan fingerprint density at radius 3 is 2.76 bits per heavy atom. The van der Waals surface area contributed by atoms with Crippen LogP contribution >= 0.6 is 0 Å². The number of H-pyrrole nitrogens is 1. The van der Waals surface area contributed by atoms with Crippen LogP contribution in [0.5, 0.6) is 5.75 Å². The van der Waals surface area contributed by atoms with E-state index in [2.05, 4.69) is 14.9 Å². The second-order valence-electron chi connectivity index (χ2n) is 3.39. The minimum Gasteiger partial charge on any atom is -0.496 e. The lowest BCUT2D eigenvalue weighted by Crippen LogP contribution is -2.01. The van der Waals surface area contributed by atoms with Crippen molar-refractivity contribution in [2.45, 2.75) is 0 Å². The molecule has 0 aliphatic rings. The van der Waals surface area contributed by atoms with Gasteiger partial charge in [-0.3, -0.25) is 5.10 Å². The van der Waals surface area contributed by atoms with E-state index in [1.54, 1.807) is 37.7 Å². The average Bonchev–Trinajstić information content (AvgIpc) is 2.90. The Hall–Kier alpha value is -2.30. The lowest BCUT2D eigenvalue weighted by atomic mass is 10.1. The molecule has 1 aromatic carbocycles. The van der Waals surface area contributed by atoms with Crippen molar-refractivity contribution < 1.29 is 14.3 Å². The number of carbonyl (C=O) groups is 1. The second-order valence-corrected chi connectivity index (χ2v) is 3.39. The molecule has 1 aromatic heterocycles. The van der Waals surface area contributed by atoms with Gasteiger partial charge in [-0.1, -0.05) is 0 Å². The molecule has 0 saturated heterocycles. The third-order valence-corrected chi connectivity index (χ3v) is 2.43. The third kappa shape index (κ3) is 2.13. The van der Waals surface area contributed by atoms with Crippen molar-refractivity contribution in [3.8, 4) is 16.9 Å². The smallest absolute Gasteiger partial charge is 0.337 e. The van der Waals surface area contributed by atoms with Crippen LogP contribution in [0.2, 0.25) is 0 Å². The molecule has 0 unspecified atom stereocenters. The molecule has 5 nitrogen and oxygen atoms in total. The lowest BCUT2D eigenvalue weighted by Gasteiger charge is -2.08. The molecule has 0 spiro atoms. The molecule has 5 heteroatoms. The first-order chi connectivity index (χ1) is 8.26. The zero-order valence-electron chi connectivity index (χ0n) is 9.56. The van der Waals surface area contributed by atoms with Gasteiger partial charge in [-0.2, -0.15) is 5.10 Å². The van der Waals surface area contributed by atoms with Gasteiger partial charge in [-0.05, 0) is 18.2 Å². The van der Waals surface area contributed by atoms with Gasteiger partial charge in [0.15, 0.2) is 0 Å². The Bertz CT molecular complexity index is 521. The number of esters is 1. The largest absolute Gasteiger partial charge is 0.496 e. The SMILES string of the molecule is COC(=O)c1ccc(-c2cn[nH]c2)c(OC)c1. The molecule has 0 amide bonds. The fraction of sp³-hybridized carbons (Fsp3) is 0.167.